The van der Waals surface area contributed by atoms with E-state index in [1.807, 2.05) is 6.07 Å². The van der Waals surface area contributed by atoms with Crippen molar-refractivity contribution in [1.82, 2.24) is 4.98 Å². The van der Waals surface area contributed by atoms with Crippen molar-refractivity contribution in [3.05, 3.63) is 61.9 Å². The van der Waals surface area contributed by atoms with Gasteiger partial charge < -0.3 is 9.84 Å². The van der Waals surface area contributed by atoms with Crippen LogP contribution in [0.1, 0.15) is 21.6 Å². The van der Waals surface area contributed by atoms with E-state index in [0.717, 1.165) is 16.7 Å². The lowest BCUT2D eigenvalue weighted by Gasteiger charge is -2.05. The molecule has 1 heterocycles. The van der Waals surface area contributed by atoms with E-state index in [-0.39, 0.29) is 16.9 Å². The molecule has 0 saturated heterocycles. The molecule has 1 aromatic carbocycles. The normalized spacial score (nSPS) is 10.7. The van der Waals surface area contributed by atoms with Crippen molar-refractivity contribution in [3.8, 4) is 5.75 Å². The molecule has 1 N–H and O–H groups in total. The molecule has 0 aliphatic heterocycles. The van der Waals surface area contributed by atoms with Gasteiger partial charge in [0, 0.05) is 16.1 Å². The van der Waals surface area contributed by atoms with Crippen LogP contribution in [-0.4, -0.2) is 28.1 Å². The van der Waals surface area contributed by atoms with Gasteiger partial charge in [-0.05, 0) is 30.4 Å². The molecule has 7 nitrogen and oxygen atoms in total. The molecular formula is C15H11BrN2O5. The molecule has 1 aromatic heterocycles. The maximum absolute atomic E-state index is 11.3. The number of hydrogen-bond donors (Lipinski definition) is 1. The van der Waals surface area contributed by atoms with E-state index in [9.17, 15) is 20.0 Å². The fraction of sp³-hybridized carbons (Fsp3) is 0.0667. The van der Waals surface area contributed by atoms with Crippen LogP contribution < -0.4 is 4.74 Å². The van der Waals surface area contributed by atoms with E-state index in [1.165, 1.54) is 13.2 Å². The average Bonchev–Trinajstić information content (AvgIpc) is 2.52. The standard InChI is InChI=1S/C15H11BrN2O5/c1-23-14-5-3-10(16)6-9(14)2-4-13-12(15(19)20)7-11(8-17-13)18(21)22/h2-8H,1H3,(H,19,20)/b4-2-. The summed E-state index contributed by atoms with van der Waals surface area (Å²) >= 11 is 3.34. The molecule has 0 atom stereocenters. The monoisotopic (exact) mass is 378 g/mol. The van der Waals surface area contributed by atoms with Crippen molar-refractivity contribution in [2.45, 2.75) is 0 Å². The zero-order chi connectivity index (χ0) is 17.0. The number of aromatic carboxylic acids is 1. The van der Waals surface area contributed by atoms with E-state index < -0.39 is 10.9 Å². The second-order valence-electron chi connectivity index (χ2n) is 4.41. The molecular weight excluding hydrogens is 368 g/mol. The lowest BCUT2D eigenvalue weighted by Crippen LogP contribution is -2.03. The minimum Gasteiger partial charge on any atom is -0.496 e. The first kappa shape index (κ1) is 16.6. The second kappa shape index (κ2) is 7.01. The van der Waals surface area contributed by atoms with Crippen molar-refractivity contribution in [2.75, 3.05) is 7.11 Å². The van der Waals surface area contributed by atoms with Crippen LogP contribution in [0.2, 0.25) is 0 Å². The number of benzene rings is 1. The highest BCUT2D eigenvalue weighted by Gasteiger charge is 2.16. The minimum absolute atomic E-state index is 0.116. The number of carbonyl (C=O) groups is 1. The van der Waals surface area contributed by atoms with Gasteiger partial charge in [0.05, 0.1) is 23.3 Å². The summed E-state index contributed by atoms with van der Waals surface area (Å²) < 4.78 is 6.05. The van der Waals surface area contributed by atoms with Gasteiger partial charge in [0.25, 0.3) is 5.69 Å². The highest BCUT2D eigenvalue weighted by Crippen LogP contribution is 2.25. The maximum atomic E-state index is 11.3. The van der Waals surface area contributed by atoms with Gasteiger partial charge in [-0.15, -0.1) is 0 Å². The first-order valence-corrected chi connectivity index (χ1v) is 7.11. The Labute approximate surface area is 139 Å². The number of nitro groups is 1. The Morgan fingerprint density at radius 1 is 1.39 bits per heavy atom. The van der Waals surface area contributed by atoms with Gasteiger partial charge in [-0.1, -0.05) is 15.9 Å². The third-order valence-electron chi connectivity index (χ3n) is 2.96. The molecule has 2 rings (SSSR count). The molecule has 0 fully saturated rings. The van der Waals surface area contributed by atoms with Crippen molar-refractivity contribution < 1.29 is 19.6 Å². The summed E-state index contributed by atoms with van der Waals surface area (Å²) in [6.45, 7) is 0. The van der Waals surface area contributed by atoms with Crippen LogP contribution in [-0.2, 0) is 0 Å². The van der Waals surface area contributed by atoms with Crippen LogP contribution in [0, 0.1) is 10.1 Å². The number of aromatic nitrogens is 1. The number of hydrogen-bond acceptors (Lipinski definition) is 5. The summed E-state index contributed by atoms with van der Waals surface area (Å²) in [4.78, 5) is 25.1. The molecule has 118 valence electrons. The Morgan fingerprint density at radius 2 is 2.13 bits per heavy atom. The van der Waals surface area contributed by atoms with Crippen molar-refractivity contribution in [3.63, 3.8) is 0 Å². The van der Waals surface area contributed by atoms with Crippen molar-refractivity contribution in [2.24, 2.45) is 0 Å². The Bertz CT molecular complexity index is 804. The number of rotatable bonds is 5. The summed E-state index contributed by atoms with van der Waals surface area (Å²) in [7, 11) is 1.52. The molecule has 0 radical (unpaired) electrons. The largest absolute Gasteiger partial charge is 0.496 e. The van der Waals surface area contributed by atoms with Gasteiger partial charge in [0.15, 0.2) is 0 Å². The quantitative estimate of drug-likeness (QED) is 0.629. The van der Waals surface area contributed by atoms with E-state index in [1.54, 1.807) is 18.2 Å². The van der Waals surface area contributed by atoms with Gasteiger partial charge in [-0.3, -0.25) is 10.1 Å². The number of halogens is 1. The molecule has 0 bridgehead atoms. The zero-order valence-electron chi connectivity index (χ0n) is 11.9. The van der Waals surface area contributed by atoms with Crippen LogP contribution in [0.5, 0.6) is 5.75 Å². The van der Waals surface area contributed by atoms with Crippen LogP contribution in [0.4, 0.5) is 5.69 Å². The van der Waals surface area contributed by atoms with Crippen molar-refractivity contribution in [1.29, 1.82) is 0 Å². The lowest BCUT2D eigenvalue weighted by molar-refractivity contribution is -0.385. The van der Waals surface area contributed by atoms with E-state index in [0.29, 0.717) is 11.3 Å². The molecule has 23 heavy (non-hydrogen) atoms. The fourth-order valence-electron chi connectivity index (χ4n) is 1.87. The second-order valence-corrected chi connectivity index (χ2v) is 5.32. The first-order valence-electron chi connectivity index (χ1n) is 6.31. The van der Waals surface area contributed by atoms with Gasteiger partial charge >= 0.3 is 5.97 Å². The van der Waals surface area contributed by atoms with E-state index >= 15 is 0 Å². The van der Waals surface area contributed by atoms with Gasteiger partial charge in [-0.25, -0.2) is 9.78 Å². The maximum Gasteiger partial charge on any atom is 0.338 e. The molecule has 0 aliphatic rings. The highest BCUT2D eigenvalue weighted by molar-refractivity contribution is 9.10. The summed E-state index contributed by atoms with van der Waals surface area (Å²) in [5.41, 5.74) is 0.201. The molecule has 0 saturated carbocycles. The Balaban J connectivity index is 2.45. The number of pyridine rings is 1. The number of carboxylic acid groups (broad SMARTS) is 1. The third-order valence-corrected chi connectivity index (χ3v) is 3.45. The van der Waals surface area contributed by atoms with Gasteiger partial charge in [0.2, 0.25) is 0 Å². The topological polar surface area (TPSA) is 103 Å². The average molecular weight is 379 g/mol. The van der Waals surface area contributed by atoms with E-state index in [2.05, 4.69) is 20.9 Å². The predicted molar refractivity (Wildman–Crippen MR) is 87.5 cm³/mol. The lowest BCUT2D eigenvalue weighted by atomic mass is 10.1. The summed E-state index contributed by atoms with van der Waals surface area (Å²) in [5, 5.41) is 19.9. The minimum atomic E-state index is -1.29. The summed E-state index contributed by atoms with van der Waals surface area (Å²) in [5.74, 6) is -0.690. The van der Waals surface area contributed by atoms with E-state index in [4.69, 9.17) is 4.74 Å². The summed E-state index contributed by atoms with van der Waals surface area (Å²) in [6.07, 6.45) is 4.12. The molecule has 8 heteroatoms. The van der Waals surface area contributed by atoms with Gasteiger partial charge in [0.1, 0.15) is 11.9 Å². The Kier molecular flexibility index (Phi) is 5.07. The molecule has 0 unspecified atom stereocenters. The highest BCUT2D eigenvalue weighted by atomic mass is 79.9. The number of carboxylic acids is 1. The predicted octanol–water partition coefficient (Wildman–Crippen LogP) is 3.63. The van der Waals surface area contributed by atoms with Gasteiger partial charge in [-0.2, -0.15) is 0 Å². The van der Waals surface area contributed by atoms with Crippen LogP contribution >= 0.6 is 15.9 Å². The first-order chi connectivity index (χ1) is 10.9. The molecule has 0 amide bonds. The fourth-order valence-corrected chi connectivity index (χ4v) is 2.25. The van der Waals surface area contributed by atoms with Crippen LogP contribution in [0.15, 0.2) is 34.9 Å². The number of nitrogens with zero attached hydrogens (tertiary/aromatic N) is 2. The SMILES string of the molecule is COc1ccc(Br)cc1/C=C\c1ncc([N+](=O)[O-])cc1C(=O)O. The molecule has 0 aliphatic carbocycles. The third kappa shape index (κ3) is 3.92. The Morgan fingerprint density at radius 3 is 2.74 bits per heavy atom. The smallest absolute Gasteiger partial charge is 0.338 e. The zero-order valence-corrected chi connectivity index (χ0v) is 13.5. The molecule has 2 aromatic rings. The van der Waals surface area contributed by atoms with Crippen LogP contribution in [0.3, 0.4) is 0 Å². The number of methoxy groups -OCH3 is 1. The van der Waals surface area contributed by atoms with Crippen LogP contribution in [0.25, 0.3) is 12.2 Å². The summed E-state index contributed by atoms with van der Waals surface area (Å²) in [6, 6.07) is 6.34. The number of ether oxygens (including phenoxy) is 1. The Hall–Kier alpha value is -2.74. The molecule has 0 spiro atoms. The van der Waals surface area contributed by atoms with Crippen molar-refractivity contribution >= 4 is 39.7 Å².